The maximum Gasteiger partial charge on any atom is 0.288 e. The quantitative estimate of drug-likeness (QED) is 0.732. The first-order chi connectivity index (χ1) is 9.24. The first kappa shape index (κ1) is 11.3. The lowest BCUT2D eigenvalue weighted by molar-refractivity contribution is 0.100. The maximum atomic E-state index is 12.1. The summed E-state index contributed by atoms with van der Waals surface area (Å²) >= 11 is 0. The maximum absolute atomic E-state index is 12.1. The predicted molar refractivity (Wildman–Crippen MR) is 74.3 cm³/mol. The molecule has 3 N–H and O–H groups in total. The number of fused-ring (bicyclic) bond motifs is 1. The summed E-state index contributed by atoms with van der Waals surface area (Å²) in [7, 11) is 0. The number of para-hydroxylation sites is 1. The fraction of sp³-hybridized carbons (Fsp3) is 0. The van der Waals surface area contributed by atoms with Crippen molar-refractivity contribution in [3.63, 3.8) is 0 Å². The number of amides is 1. The topological polar surface area (TPSA) is 72.9 Å². The van der Waals surface area contributed by atoms with Gasteiger partial charge in [-0.3, -0.25) is 14.9 Å². The van der Waals surface area contributed by atoms with Gasteiger partial charge in [0.15, 0.2) is 0 Å². The summed E-state index contributed by atoms with van der Waals surface area (Å²) in [5.41, 5.74) is 10.2. The molecule has 1 aromatic carbocycles. The van der Waals surface area contributed by atoms with Crippen molar-refractivity contribution in [2.45, 2.75) is 0 Å². The molecule has 5 nitrogen and oxygen atoms in total. The Morgan fingerprint density at radius 2 is 1.89 bits per heavy atom. The zero-order chi connectivity index (χ0) is 13.2. The van der Waals surface area contributed by atoms with E-state index in [0.29, 0.717) is 16.9 Å². The number of carbonyl (C=O) groups is 1. The number of rotatable bonds is 2. The first-order valence-electron chi connectivity index (χ1n) is 5.83. The number of nitrogens with zero attached hydrogens (tertiary/aromatic N) is 2. The van der Waals surface area contributed by atoms with Gasteiger partial charge in [-0.1, -0.05) is 18.2 Å². The van der Waals surface area contributed by atoms with Crippen LogP contribution in [-0.4, -0.2) is 15.6 Å². The Hall–Kier alpha value is -2.82. The predicted octanol–water partition coefficient (Wildman–Crippen LogP) is 2.00. The van der Waals surface area contributed by atoms with Gasteiger partial charge in [0.1, 0.15) is 5.69 Å². The van der Waals surface area contributed by atoms with E-state index >= 15 is 0 Å². The highest BCUT2D eigenvalue weighted by Crippen LogP contribution is 2.20. The minimum absolute atomic E-state index is 0.296. The smallest absolute Gasteiger partial charge is 0.288 e. The minimum atomic E-state index is -0.298. The van der Waals surface area contributed by atoms with Crippen molar-refractivity contribution in [2.75, 3.05) is 11.2 Å². The van der Waals surface area contributed by atoms with Gasteiger partial charge in [0, 0.05) is 23.5 Å². The van der Waals surface area contributed by atoms with Gasteiger partial charge in [0.05, 0.1) is 5.52 Å². The van der Waals surface area contributed by atoms with Gasteiger partial charge in [-0.15, -0.1) is 0 Å². The Kier molecular flexibility index (Phi) is 2.64. The SMILES string of the molecule is Nc1cc(C(=O)Nn2cccc2)nc2ccccc12. The molecule has 0 aliphatic rings. The highest BCUT2D eigenvalue weighted by molar-refractivity contribution is 6.02. The number of benzene rings is 1. The summed E-state index contributed by atoms with van der Waals surface area (Å²) in [6, 6.07) is 12.7. The second-order valence-electron chi connectivity index (χ2n) is 4.15. The fourth-order valence-corrected chi connectivity index (χ4v) is 1.90. The van der Waals surface area contributed by atoms with E-state index in [4.69, 9.17) is 5.73 Å². The zero-order valence-electron chi connectivity index (χ0n) is 10.1. The van der Waals surface area contributed by atoms with Crippen molar-refractivity contribution in [3.8, 4) is 0 Å². The molecule has 5 heteroatoms. The Morgan fingerprint density at radius 3 is 2.68 bits per heavy atom. The Labute approximate surface area is 109 Å². The Morgan fingerprint density at radius 1 is 1.16 bits per heavy atom. The first-order valence-corrected chi connectivity index (χ1v) is 5.83. The highest BCUT2D eigenvalue weighted by atomic mass is 16.2. The molecule has 0 atom stereocenters. The number of carbonyl (C=O) groups excluding carboxylic acids is 1. The third kappa shape index (κ3) is 2.13. The molecule has 0 aliphatic carbocycles. The van der Waals surface area contributed by atoms with E-state index in [-0.39, 0.29) is 5.91 Å². The molecule has 3 rings (SSSR count). The third-order valence-electron chi connectivity index (χ3n) is 2.82. The molecule has 2 aromatic heterocycles. The summed E-state index contributed by atoms with van der Waals surface area (Å²) in [5.74, 6) is -0.298. The molecule has 1 amide bonds. The minimum Gasteiger partial charge on any atom is -0.398 e. The summed E-state index contributed by atoms with van der Waals surface area (Å²) in [6.45, 7) is 0. The van der Waals surface area contributed by atoms with Crippen LogP contribution in [0.2, 0.25) is 0 Å². The second kappa shape index (κ2) is 4.45. The van der Waals surface area contributed by atoms with Crippen molar-refractivity contribution in [2.24, 2.45) is 0 Å². The lowest BCUT2D eigenvalue weighted by atomic mass is 10.1. The lowest BCUT2D eigenvalue weighted by Crippen LogP contribution is -2.22. The van der Waals surface area contributed by atoms with Gasteiger partial charge >= 0.3 is 0 Å². The van der Waals surface area contributed by atoms with Crippen molar-refractivity contribution >= 4 is 22.5 Å². The van der Waals surface area contributed by atoms with E-state index in [1.54, 1.807) is 23.1 Å². The molecule has 0 spiro atoms. The molecular formula is C14H12N4O. The summed E-state index contributed by atoms with van der Waals surface area (Å²) < 4.78 is 1.56. The number of nitrogens with two attached hydrogens (primary N) is 1. The number of nitrogen functional groups attached to an aromatic ring is 1. The van der Waals surface area contributed by atoms with Gasteiger partial charge in [-0.25, -0.2) is 4.98 Å². The van der Waals surface area contributed by atoms with Crippen molar-refractivity contribution in [1.29, 1.82) is 0 Å². The molecule has 0 fully saturated rings. The van der Waals surface area contributed by atoms with Gasteiger partial charge < -0.3 is 5.73 Å². The van der Waals surface area contributed by atoms with Crippen LogP contribution in [-0.2, 0) is 0 Å². The van der Waals surface area contributed by atoms with E-state index in [1.165, 1.54) is 0 Å². The zero-order valence-corrected chi connectivity index (χ0v) is 10.1. The second-order valence-corrected chi connectivity index (χ2v) is 4.15. The monoisotopic (exact) mass is 252 g/mol. The number of nitrogens with one attached hydrogen (secondary N) is 1. The van der Waals surface area contributed by atoms with Crippen LogP contribution in [0.1, 0.15) is 10.5 Å². The lowest BCUT2D eigenvalue weighted by Gasteiger charge is -2.08. The normalized spacial score (nSPS) is 10.5. The van der Waals surface area contributed by atoms with Crippen LogP contribution >= 0.6 is 0 Å². The number of pyridine rings is 1. The molecule has 2 heterocycles. The van der Waals surface area contributed by atoms with Gasteiger partial charge in [0.2, 0.25) is 0 Å². The average Bonchev–Trinajstić information content (AvgIpc) is 2.91. The molecule has 0 saturated heterocycles. The Bertz CT molecular complexity index is 734. The highest BCUT2D eigenvalue weighted by Gasteiger charge is 2.10. The van der Waals surface area contributed by atoms with Crippen LogP contribution in [0, 0.1) is 0 Å². The summed E-state index contributed by atoms with van der Waals surface area (Å²) in [6.07, 6.45) is 3.48. The van der Waals surface area contributed by atoms with Crippen LogP contribution < -0.4 is 11.2 Å². The molecule has 0 unspecified atom stereocenters. The van der Waals surface area contributed by atoms with Gasteiger partial charge in [-0.2, -0.15) is 0 Å². The molecule has 0 aliphatic heterocycles. The Balaban J connectivity index is 1.98. The van der Waals surface area contributed by atoms with Crippen LogP contribution in [0.5, 0.6) is 0 Å². The average molecular weight is 252 g/mol. The largest absolute Gasteiger partial charge is 0.398 e. The number of aromatic nitrogens is 2. The molecule has 0 bridgehead atoms. The molecule has 19 heavy (non-hydrogen) atoms. The van der Waals surface area contributed by atoms with E-state index in [1.807, 2.05) is 36.4 Å². The van der Waals surface area contributed by atoms with Crippen LogP contribution in [0.25, 0.3) is 10.9 Å². The van der Waals surface area contributed by atoms with E-state index in [9.17, 15) is 4.79 Å². The fourth-order valence-electron chi connectivity index (χ4n) is 1.90. The number of hydrogen-bond acceptors (Lipinski definition) is 3. The molecule has 94 valence electrons. The van der Waals surface area contributed by atoms with Crippen molar-refractivity contribution < 1.29 is 4.79 Å². The standard InChI is InChI=1S/C14H12N4O/c15-11-9-13(14(19)17-18-7-3-4-8-18)16-12-6-2-1-5-10(11)12/h1-9H,(H2,15,16)(H,17,19). The van der Waals surface area contributed by atoms with Crippen molar-refractivity contribution in [1.82, 2.24) is 9.66 Å². The van der Waals surface area contributed by atoms with Gasteiger partial charge in [0.25, 0.3) is 5.91 Å². The van der Waals surface area contributed by atoms with Crippen molar-refractivity contribution in [3.05, 3.63) is 60.6 Å². The molecular weight excluding hydrogens is 240 g/mol. The third-order valence-corrected chi connectivity index (χ3v) is 2.82. The van der Waals surface area contributed by atoms with Crippen LogP contribution in [0.4, 0.5) is 5.69 Å². The van der Waals surface area contributed by atoms with E-state index in [0.717, 1.165) is 5.39 Å². The van der Waals surface area contributed by atoms with E-state index in [2.05, 4.69) is 10.4 Å². The molecule has 3 aromatic rings. The summed E-state index contributed by atoms with van der Waals surface area (Å²) in [5, 5.41) is 0.847. The van der Waals surface area contributed by atoms with Gasteiger partial charge in [-0.05, 0) is 24.3 Å². The molecule has 0 radical (unpaired) electrons. The van der Waals surface area contributed by atoms with Crippen LogP contribution in [0.3, 0.4) is 0 Å². The number of hydrogen-bond donors (Lipinski definition) is 2. The number of anilines is 1. The summed E-state index contributed by atoms with van der Waals surface area (Å²) in [4.78, 5) is 16.4. The molecule has 0 saturated carbocycles. The van der Waals surface area contributed by atoms with E-state index < -0.39 is 0 Å². The van der Waals surface area contributed by atoms with Crippen LogP contribution in [0.15, 0.2) is 54.9 Å².